The van der Waals surface area contributed by atoms with Gasteiger partial charge in [0.05, 0.1) is 0 Å². The summed E-state index contributed by atoms with van der Waals surface area (Å²) in [5.74, 6) is 0. The summed E-state index contributed by atoms with van der Waals surface area (Å²) in [6.45, 7) is 3.94. The van der Waals surface area contributed by atoms with Gasteiger partial charge in [-0.3, -0.25) is 5.14 Å². The number of hydrogen-bond donors (Lipinski definition) is 1. The first-order chi connectivity index (χ1) is 6.29. The molecule has 0 bridgehead atoms. The minimum atomic E-state index is -0.186. The van der Waals surface area contributed by atoms with Crippen LogP contribution in [0.3, 0.4) is 0 Å². The van der Waals surface area contributed by atoms with Crippen LogP contribution in [0.15, 0.2) is 47.9 Å². The molecule has 1 rings (SSSR count). The lowest BCUT2D eigenvalue weighted by Gasteiger charge is -1.96. The van der Waals surface area contributed by atoms with Crippen molar-refractivity contribution in [2.45, 2.75) is 12.8 Å². The average molecular weight is 193 g/mol. The van der Waals surface area contributed by atoms with Gasteiger partial charge in [0.25, 0.3) is 0 Å². The molecule has 0 aromatic carbocycles. The van der Waals surface area contributed by atoms with Crippen LogP contribution in [0.4, 0.5) is 0 Å². The Bertz CT molecular complexity index is 295. The van der Waals surface area contributed by atoms with E-state index in [1.165, 1.54) is 0 Å². The zero-order chi connectivity index (χ0) is 9.52. The average Bonchev–Trinajstić information content (AvgIpc) is 2.13. The molecule has 1 unspecified atom stereocenters. The number of allylic oxidation sites excluding steroid dienone is 6. The second-order valence-corrected chi connectivity index (χ2v) is 4.27. The van der Waals surface area contributed by atoms with Gasteiger partial charge in [0, 0.05) is 0 Å². The monoisotopic (exact) mass is 193 g/mol. The van der Waals surface area contributed by atoms with Gasteiger partial charge in [-0.15, -0.1) is 10.7 Å². The van der Waals surface area contributed by atoms with E-state index < -0.39 is 0 Å². The zero-order valence-electron chi connectivity index (χ0n) is 7.65. The first-order valence-electron chi connectivity index (χ1n) is 4.28. The molecule has 0 radical (unpaired) electrons. The van der Waals surface area contributed by atoms with Crippen molar-refractivity contribution in [1.82, 2.24) is 0 Å². The van der Waals surface area contributed by atoms with Crippen LogP contribution in [-0.2, 0) is 0 Å². The van der Waals surface area contributed by atoms with Crippen LogP contribution in [0.1, 0.15) is 12.8 Å². The van der Waals surface area contributed by atoms with Crippen LogP contribution in [-0.4, -0.2) is 5.37 Å². The van der Waals surface area contributed by atoms with Crippen LogP contribution in [0, 0.1) is 0 Å². The summed E-state index contributed by atoms with van der Waals surface area (Å²) < 4.78 is 0. The Labute approximate surface area is 82.4 Å². The predicted molar refractivity (Wildman–Crippen MR) is 63.6 cm³/mol. The molecule has 13 heavy (non-hydrogen) atoms. The minimum absolute atomic E-state index is 0.186. The van der Waals surface area contributed by atoms with Gasteiger partial charge in [-0.2, -0.15) is 0 Å². The van der Waals surface area contributed by atoms with E-state index in [1.54, 1.807) is 0 Å². The molecule has 1 heterocycles. The number of rotatable bonds is 0. The van der Waals surface area contributed by atoms with Crippen molar-refractivity contribution in [3.05, 3.63) is 47.9 Å². The lowest BCUT2D eigenvalue weighted by molar-refractivity contribution is 1.08. The highest BCUT2D eigenvalue weighted by molar-refractivity contribution is 8.15. The fourth-order valence-electron chi connectivity index (χ4n) is 0.975. The van der Waals surface area contributed by atoms with Crippen molar-refractivity contribution >= 4 is 16.0 Å². The molecule has 0 saturated carbocycles. The van der Waals surface area contributed by atoms with Crippen LogP contribution < -0.4 is 5.14 Å². The van der Waals surface area contributed by atoms with Gasteiger partial charge in [-0.05, 0) is 23.6 Å². The maximum atomic E-state index is 5.82. The second-order valence-electron chi connectivity index (χ2n) is 2.84. The van der Waals surface area contributed by atoms with E-state index in [4.69, 9.17) is 5.14 Å². The Morgan fingerprint density at radius 1 is 1.23 bits per heavy atom. The molecule has 2 N–H and O–H groups in total. The topological polar surface area (TPSA) is 26.0 Å². The van der Waals surface area contributed by atoms with Crippen LogP contribution in [0.25, 0.3) is 0 Å². The smallest absolute Gasteiger partial charge is 0.0212 e. The predicted octanol–water partition coefficient (Wildman–Crippen LogP) is 2.91. The minimum Gasteiger partial charge on any atom is -0.280 e. The third kappa shape index (κ3) is 4.65. The maximum Gasteiger partial charge on any atom is -0.0212 e. The maximum absolute atomic E-state index is 5.82. The van der Waals surface area contributed by atoms with Gasteiger partial charge in [-0.25, -0.2) is 0 Å². The molecular formula is C11H15NS. The molecule has 0 spiro atoms. The van der Waals surface area contributed by atoms with Crippen LogP contribution in [0.2, 0.25) is 0 Å². The fourth-order valence-corrected chi connectivity index (χ4v) is 1.75. The molecule has 0 amide bonds. The standard InChI is InChI=1S/C11H15NS/c1-11-7-4-2-3-5-9-13(12)10-6-8-11/h2-5,7,9-10H,1,6,8,12H2/b3-2-,7-4-,9-5-. The molecule has 0 aromatic heterocycles. The normalized spacial score (nSPS) is 32.4. The Balaban J connectivity index is 2.72. The molecule has 0 fully saturated rings. The van der Waals surface area contributed by atoms with Gasteiger partial charge in [0.2, 0.25) is 0 Å². The van der Waals surface area contributed by atoms with Gasteiger partial charge in [0.1, 0.15) is 0 Å². The summed E-state index contributed by atoms with van der Waals surface area (Å²) in [5, 5.41) is 9.97. The molecule has 1 aliphatic rings. The van der Waals surface area contributed by atoms with Crippen LogP contribution >= 0.6 is 10.7 Å². The first kappa shape index (κ1) is 10.2. The largest absolute Gasteiger partial charge is 0.280 e. The second kappa shape index (κ2) is 5.73. The summed E-state index contributed by atoms with van der Waals surface area (Å²) in [6, 6.07) is 0. The first-order valence-corrected chi connectivity index (χ1v) is 5.69. The summed E-state index contributed by atoms with van der Waals surface area (Å²) in [4.78, 5) is 0. The quantitative estimate of drug-likeness (QED) is 0.588. The van der Waals surface area contributed by atoms with Crippen molar-refractivity contribution in [3.8, 4) is 0 Å². The Morgan fingerprint density at radius 2 is 2.00 bits per heavy atom. The summed E-state index contributed by atoms with van der Waals surface area (Å²) in [7, 11) is -0.186. The van der Waals surface area contributed by atoms with Crippen molar-refractivity contribution in [2.75, 3.05) is 0 Å². The van der Waals surface area contributed by atoms with Gasteiger partial charge in [-0.1, -0.05) is 42.5 Å². The van der Waals surface area contributed by atoms with E-state index >= 15 is 0 Å². The van der Waals surface area contributed by atoms with E-state index in [1.807, 2.05) is 35.8 Å². The van der Waals surface area contributed by atoms with E-state index in [0.717, 1.165) is 18.4 Å². The van der Waals surface area contributed by atoms with Crippen molar-refractivity contribution in [2.24, 2.45) is 5.14 Å². The zero-order valence-corrected chi connectivity index (χ0v) is 8.46. The van der Waals surface area contributed by atoms with Crippen molar-refractivity contribution in [3.63, 3.8) is 0 Å². The van der Waals surface area contributed by atoms with E-state index in [0.29, 0.717) is 0 Å². The Morgan fingerprint density at radius 3 is 2.85 bits per heavy atom. The molecule has 70 valence electrons. The fraction of sp³-hybridized carbons (Fsp3) is 0.182. The SMILES string of the molecule is C=C1\C=C/C=C\C=C/S(N)=C\CC1. The molecule has 0 aliphatic carbocycles. The molecule has 1 aliphatic heterocycles. The summed E-state index contributed by atoms with van der Waals surface area (Å²) in [6.07, 6.45) is 12.0. The lowest BCUT2D eigenvalue weighted by atomic mass is 10.1. The number of hydrogen-bond acceptors (Lipinski definition) is 1. The van der Waals surface area contributed by atoms with E-state index in [2.05, 4.69) is 11.9 Å². The van der Waals surface area contributed by atoms with Crippen molar-refractivity contribution in [1.29, 1.82) is 0 Å². The van der Waals surface area contributed by atoms with Gasteiger partial charge in [0.15, 0.2) is 0 Å². The summed E-state index contributed by atoms with van der Waals surface area (Å²) >= 11 is 0. The highest BCUT2D eigenvalue weighted by Gasteiger charge is 1.88. The van der Waals surface area contributed by atoms with Gasteiger partial charge < -0.3 is 0 Å². The third-order valence-electron chi connectivity index (χ3n) is 1.68. The van der Waals surface area contributed by atoms with Gasteiger partial charge >= 0.3 is 0 Å². The van der Waals surface area contributed by atoms with Crippen LogP contribution in [0.5, 0.6) is 0 Å². The van der Waals surface area contributed by atoms with E-state index in [-0.39, 0.29) is 10.7 Å². The molecule has 1 atom stereocenters. The molecule has 1 nitrogen and oxygen atoms in total. The summed E-state index contributed by atoms with van der Waals surface area (Å²) in [5.41, 5.74) is 1.15. The highest BCUT2D eigenvalue weighted by atomic mass is 32.2. The highest BCUT2D eigenvalue weighted by Crippen LogP contribution is 2.09. The molecule has 0 saturated heterocycles. The van der Waals surface area contributed by atoms with Crippen molar-refractivity contribution < 1.29 is 0 Å². The number of nitrogens with two attached hydrogens (primary N) is 1. The third-order valence-corrected chi connectivity index (χ3v) is 2.77. The molecule has 0 aromatic rings. The van der Waals surface area contributed by atoms with E-state index in [9.17, 15) is 0 Å². The lowest BCUT2D eigenvalue weighted by Crippen LogP contribution is -1.85. The Kier molecular flexibility index (Phi) is 4.50. The molecule has 2 heteroatoms. The Hall–Kier alpha value is -0.860. The molecular weight excluding hydrogens is 178 g/mol.